The maximum Gasteiger partial charge on any atom is 0.255 e. The number of carbonyl (C=O) groups excluding carboxylic acids is 1. The van der Waals surface area contributed by atoms with E-state index >= 15 is 0 Å². The summed E-state index contributed by atoms with van der Waals surface area (Å²) >= 11 is 0. The van der Waals surface area contributed by atoms with Crippen molar-refractivity contribution in [2.24, 2.45) is 0 Å². The quantitative estimate of drug-likeness (QED) is 0.938. The van der Waals surface area contributed by atoms with Gasteiger partial charge < -0.3 is 19.3 Å². The molecule has 0 unspecified atom stereocenters. The molecule has 6 heteroatoms. The lowest BCUT2D eigenvalue weighted by Gasteiger charge is -2.20. The highest BCUT2D eigenvalue weighted by Gasteiger charge is 2.22. The van der Waals surface area contributed by atoms with E-state index < -0.39 is 0 Å². The summed E-state index contributed by atoms with van der Waals surface area (Å²) in [7, 11) is 0. The van der Waals surface area contributed by atoms with E-state index in [-0.39, 0.29) is 12.5 Å². The first kappa shape index (κ1) is 15.1. The smallest absolute Gasteiger partial charge is 0.255 e. The summed E-state index contributed by atoms with van der Waals surface area (Å²) in [4.78, 5) is 12.4. The van der Waals surface area contributed by atoms with Crippen molar-refractivity contribution in [1.82, 2.24) is 5.16 Å². The molecule has 1 aliphatic rings. The zero-order valence-corrected chi connectivity index (χ0v) is 13.3. The minimum Gasteiger partial charge on any atom is -0.490 e. The average Bonchev–Trinajstić information content (AvgIpc) is 2.87. The summed E-state index contributed by atoms with van der Waals surface area (Å²) in [6, 6.07) is 5.62. The lowest BCUT2D eigenvalue weighted by atomic mass is 10.1. The van der Waals surface area contributed by atoms with Crippen LogP contribution in [0, 0.1) is 13.8 Å². The number of para-hydroxylation sites is 1. The number of hydrogen-bond donors (Lipinski definition) is 1. The maximum atomic E-state index is 12.4. The minimum absolute atomic E-state index is 0.187. The molecule has 0 saturated heterocycles. The molecule has 0 fully saturated rings. The molecule has 0 radical (unpaired) electrons. The van der Waals surface area contributed by atoms with Gasteiger partial charge in [0.05, 0.1) is 12.2 Å². The third-order valence-corrected chi connectivity index (χ3v) is 3.57. The van der Waals surface area contributed by atoms with Crippen molar-refractivity contribution in [3.05, 3.63) is 40.8 Å². The van der Waals surface area contributed by atoms with Crippen LogP contribution in [0.15, 0.2) is 28.3 Å². The monoisotopic (exact) mass is 314 g/mol. The number of aryl methyl sites for hydroxylation is 2. The lowest BCUT2D eigenvalue weighted by molar-refractivity contribution is -0.113. The molecule has 1 aromatic carbocycles. The van der Waals surface area contributed by atoms with Crippen LogP contribution in [0.1, 0.15) is 23.9 Å². The molecule has 120 valence electrons. The molecule has 0 saturated carbocycles. The van der Waals surface area contributed by atoms with Gasteiger partial charge in [-0.2, -0.15) is 0 Å². The Kier molecular flexibility index (Phi) is 4.06. The van der Waals surface area contributed by atoms with Crippen molar-refractivity contribution < 1.29 is 18.8 Å². The van der Waals surface area contributed by atoms with E-state index in [9.17, 15) is 4.79 Å². The Hall–Kier alpha value is -2.76. The summed E-state index contributed by atoms with van der Waals surface area (Å²) in [5, 5.41) is 6.65. The molecule has 6 nitrogen and oxygen atoms in total. The Morgan fingerprint density at radius 2 is 2.22 bits per heavy atom. The third-order valence-electron chi connectivity index (χ3n) is 3.57. The zero-order valence-electron chi connectivity index (χ0n) is 13.3. The number of fused-ring (bicyclic) bond motifs is 1. The van der Waals surface area contributed by atoms with Gasteiger partial charge in [-0.05, 0) is 32.9 Å². The first-order valence-corrected chi connectivity index (χ1v) is 7.43. The SMILES string of the molecule is CCOc1cccc2c1OCC(C(=O)Nc1c(C)noc1C)=C2. The van der Waals surface area contributed by atoms with Crippen molar-refractivity contribution in [2.75, 3.05) is 18.5 Å². The molecular formula is C17H18N2O4. The fourth-order valence-corrected chi connectivity index (χ4v) is 2.44. The Morgan fingerprint density at radius 3 is 2.91 bits per heavy atom. The molecule has 23 heavy (non-hydrogen) atoms. The zero-order chi connectivity index (χ0) is 16.4. The highest BCUT2D eigenvalue weighted by molar-refractivity contribution is 6.08. The summed E-state index contributed by atoms with van der Waals surface area (Å²) in [5.74, 6) is 1.70. The van der Waals surface area contributed by atoms with Crippen molar-refractivity contribution in [3.63, 3.8) is 0 Å². The Labute approximate surface area is 134 Å². The number of anilines is 1. The van der Waals surface area contributed by atoms with Gasteiger partial charge >= 0.3 is 0 Å². The second-order valence-electron chi connectivity index (χ2n) is 5.22. The van der Waals surface area contributed by atoms with Crippen molar-refractivity contribution in [3.8, 4) is 11.5 Å². The van der Waals surface area contributed by atoms with Crippen molar-refractivity contribution in [2.45, 2.75) is 20.8 Å². The number of amides is 1. The van der Waals surface area contributed by atoms with E-state index in [4.69, 9.17) is 14.0 Å². The van der Waals surface area contributed by atoms with E-state index in [0.29, 0.717) is 40.8 Å². The van der Waals surface area contributed by atoms with Crippen LogP contribution >= 0.6 is 0 Å². The van der Waals surface area contributed by atoms with Crippen LogP contribution < -0.4 is 14.8 Å². The molecule has 1 amide bonds. The van der Waals surface area contributed by atoms with Gasteiger partial charge in [0.1, 0.15) is 18.0 Å². The van der Waals surface area contributed by atoms with Crippen LogP contribution in [0.3, 0.4) is 0 Å². The van der Waals surface area contributed by atoms with Crippen LogP contribution in [0.25, 0.3) is 6.08 Å². The Balaban J connectivity index is 1.85. The van der Waals surface area contributed by atoms with Gasteiger partial charge in [-0.3, -0.25) is 4.79 Å². The molecule has 0 aliphatic carbocycles. The van der Waals surface area contributed by atoms with Crippen LogP contribution in [-0.2, 0) is 4.79 Å². The second kappa shape index (κ2) is 6.16. The van der Waals surface area contributed by atoms with E-state index in [0.717, 1.165) is 5.56 Å². The number of nitrogens with one attached hydrogen (secondary N) is 1. The number of benzene rings is 1. The standard InChI is InChI=1S/C17H18N2O4/c1-4-21-14-7-5-6-12-8-13(9-22-16(12)14)17(20)18-15-10(2)19-23-11(15)3/h5-8H,4,9H2,1-3H3,(H,18,20). The highest BCUT2D eigenvalue weighted by Crippen LogP contribution is 2.36. The van der Waals surface area contributed by atoms with Gasteiger partial charge in [-0.1, -0.05) is 17.3 Å². The van der Waals surface area contributed by atoms with E-state index in [2.05, 4.69) is 10.5 Å². The summed E-state index contributed by atoms with van der Waals surface area (Å²) in [6.45, 7) is 6.20. The molecule has 0 atom stereocenters. The lowest BCUT2D eigenvalue weighted by Crippen LogP contribution is -2.22. The maximum absolute atomic E-state index is 12.4. The fourth-order valence-electron chi connectivity index (χ4n) is 2.44. The Bertz CT molecular complexity index is 757. The van der Waals surface area contributed by atoms with Crippen LogP contribution in [0.5, 0.6) is 11.5 Å². The fraction of sp³-hybridized carbons (Fsp3) is 0.294. The molecule has 1 aromatic heterocycles. The van der Waals surface area contributed by atoms with Gasteiger partial charge in [-0.15, -0.1) is 0 Å². The van der Waals surface area contributed by atoms with Crippen molar-refractivity contribution in [1.29, 1.82) is 0 Å². The van der Waals surface area contributed by atoms with Gasteiger partial charge in [0.15, 0.2) is 17.3 Å². The number of rotatable bonds is 4. The van der Waals surface area contributed by atoms with E-state index in [1.807, 2.05) is 31.2 Å². The largest absolute Gasteiger partial charge is 0.490 e. The molecule has 1 aliphatic heterocycles. The minimum atomic E-state index is -0.230. The second-order valence-corrected chi connectivity index (χ2v) is 5.22. The van der Waals surface area contributed by atoms with E-state index in [1.54, 1.807) is 13.8 Å². The first-order chi connectivity index (χ1) is 11.1. The summed E-state index contributed by atoms with van der Waals surface area (Å²) < 4.78 is 16.3. The first-order valence-electron chi connectivity index (χ1n) is 7.43. The molecule has 1 N–H and O–H groups in total. The summed E-state index contributed by atoms with van der Waals surface area (Å²) in [6.07, 6.45) is 1.81. The number of nitrogens with zero attached hydrogens (tertiary/aromatic N) is 1. The third kappa shape index (κ3) is 2.92. The van der Waals surface area contributed by atoms with E-state index in [1.165, 1.54) is 0 Å². The number of hydrogen-bond acceptors (Lipinski definition) is 5. The normalized spacial score (nSPS) is 12.9. The van der Waals surface area contributed by atoms with Crippen LogP contribution in [0.4, 0.5) is 5.69 Å². The molecule has 0 bridgehead atoms. The topological polar surface area (TPSA) is 73.6 Å². The molecule has 2 heterocycles. The van der Waals surface area contributed by atoms with Gasteiger partial charge in [0.2, 0.25) is 0 Å². The number of aromatic nitrogens is 1. The number of ether oxygens (including phenoxy) is 2. The van der Waals surface area contributed by atoms with Crippen molar-refractivity contribution >= 4 is 17.7 Å². The summed E-state index contributed by atoms with van der Waals surface area (Å²) in [5.41, 5.74) is 2.61. The molecule has 2 aromatic rings. The Morgan fingerprint density at radius 1 is 1.39 bits per heavy atom. The van der Waals surface area contributed by atoms with Gasteiger partial charge in [-0.25, -0.2) is 0 Å². The highest BCUT2D eigenvalue weighted by atomic mass is 16.5. The van der Waals surface area contributed by atoms with Crippen LogP contribution in [0.2, 0.25) is 0 Å². The molecule has 3 rings (SSSR count). The average molecular weight is 314 g/mol. The van der Waals surface area contributed by atoms with Gasteiger partial charge in [0.25, 0.3) is 5.91 Å². The van der Waals surface area contributed by atoms with Crippen LogP contribution in [-0.4, -0.2) is 24.3 Å². The molecule has 0 spiro atoms. The van der Waals surface area contributed by atoms with Gasteiger partial charge in [0, 0.05) is 5.56 Å². The number of carbonyl (C=O) groups is 1. The molecular weight excluding hydrogens is 296 g/mol. The predicted octanol–water partition coefficient (Wildman–Crippen LogP) is 3.10. The predicted molar refractivity (Wildman–Crippen MR) is 85.7 cm³/mol.